The minimum absolute atomic E-state index is 0.00111. The van der Waals surface area contributed by atoms with E-state index in [1.54, 1.807) is 4.90 Å². The number of nitrogens with zero attached hydrogens (tertiary/aromatic N) is 2. The van der Waals surface area contributed by atoms with E-state index in [9.17, 15) is 9.59 Å². The summed E-state index contributed by atoms with van der Waals surface area (Å²) in [4.78, 5) is 28.1. The van der Waals surface area contributed by atoms with E-state index in [4.69, 9.17) is 4.74 Å². The minimum atomic E-state index is -0.103. The molecule has 2 amide bonds. The molecule has 1 aromatic carbocycles. The number of carbonyl (C=O) groups is 2. The molecule has 0 radical (unpaired) electrons. The molecule has 2 fully saturated rings. The van der Waals surface area contributed by atoms with Gasteiger partial charge in [-0.3, -0.25) is 9.59 Å². The lowest BCUT2D eigenvalue weighted by Crippen LogP contribution is -2.33. The van der Waals surface area contributed by atoms with E-state index in [-0.39, 0.29) is 18.4 Å². The first kappa shape index (κ1) is 19.7. The van der Waals surface area contributed by atoms with E-state index >= 15 is 0 Å². The van der Waals surface area contributed by atoms with Crippen molar-refractivity contribution in [3.8, 4) is 5.75 Å². The maximum absolute atomic E-state index is 12.0. The largest absolute Gasteiger partial charge is 0.484 e. The maximum atomic E-state index is 12.0. The van der Waals surface area contributed by atoms with Crippen molar-refractivity contribution >= 4 is 17.5 Å². The van der Waals surface area contributed by atoms with Crippen molar-refractivity contribution in [2.45, 2.75) is 44.9 Å². The molecule has 3 rings (SSSR count). The van der Waals surface area contributed by atoms with Crippen molar-refractivity contribution < 1.29 is 14.3 Å². The second kappa shape index (κ2) is 10.3. The summed E-state index contributed by atoms with van der Waals surface area (Å²) >= 11 is 0. The molecule has 6 nitrogen and oxygen atoms in total. The molecule has 1 N–H and O–H groups in total. The molecule has 0 saturated carbocycles. The fourth-order valence-electron chi connectivity index (χ4n) is 3.75. The summed E-state index contributed by atoms with van der Waals surface area (Å²) in [7, 11) is 0. The first-order chi connectivity index (χ1) is 13.2. The van der Waals surface area contributed by atoms with Crippen LogP contribution in [0.25, 0.3) is 0 Å². The highest BCUT2D eigenvalue weighted by Crippen LogP contribution is 2.25. The van der Waals surface area contributed by atoms with Gasteiger partial charge in [-0.25, -0.2) is 0 Å². The molecule has 148 valence electrons. The van der Waals surface area contributed by atoms with Gasteiger partial charge in [-0.2, -0.15) is 0 Å². The van der Waals surface area contributed by atoms with Crippen molar-refractivity contribution in [2.75, 3.05) is 44.2 Å². The van der Waals surface area contributed by atoms with Gasteiger partial charge in [0.1, 0.15) is 5.75 Å². The molecule has 27 heavy (non-hydrogen) atoms. The van der Waals surface area contributed by atoms with E-state index in [2.05, 4.69) is 10.2 Å². The van der Waals surface area contributed by atoms with Gasteiger partial charge in [-0.05, 0) is 57.5 Å². The SMILES string of the molecule is O=C(COc1cccc(N2CCCC2=O)c1)NCCCN1CCCCCC1. The number of nitrogens with one attached hydrogen (secondary N) is 1. The van der Waals surface area contributed by atoms with E-state index < -0.39 is 0 Å². The van der Waals surface area contributed by atoms with E-state index in [1.165, 1.54) is 38.8 Å². The third-order valence-corrected chi connectivity index (χ3v) is 5.24. The number of hydrogen-bond donors (Lipinski definition) is 1. The Kier molecular flexibility index (Phi) is 7.51. The van der Waals surface area contributed by atoms with Gasteiger partial charge in [-0.15, -0.1) is 0 Å². The summed E-state index contributed by atoms with van der Waals surface area (Å²) in [5.74, 6) is 0.662. The monoisotopic (exact) mass is 373 g/mol. The molecule has 0 aliphatic carbocycles. The summed E-state index contributed by atoms with van der Waals surface area (Å²) < 4.78 is 5.61. The molecular weight excluding hydrogens is 342 g/mol. The first-order valence-electron chi connectivity index (χ1n) is 10.2. The van der Waals surface area contributed by atoms with E-state index in [0.717, 1.165) is 31.6 Å². The van der Waals surface area contributed by atoms with Gasteiger partial charge >= 0.3 is 0 Å². The average Bonchev–Trinajstić information content (AvgIpc) is 2.94. The number of carbonyl (C=O) groups excluding carboxylic acids is 2. The molecular formula is C21H31N3O3. The zero-order chi connectivity index (χ0) is 18.9. The molecule has 0 bridgehead atoms. The molecule has 0 aromatic heterocycles. The lowest BCUT2D eigenvalue weighted by Gasteiger charge is -2.19. The van der Waals surface area contributed by atoms with Crippen LogP contribution in [-0.2, 0) is 9.59 Å². The fraction of sp³-hybridized carbons (Fsp3) is 0.619. The number of amides is 2. The van der Waals surface area contributed by atoms with Crippen molar-refractivity contribution in [1.82, 2.24) is 10.2 Å². The van der Waals surface area contributed by atoms with Gasteiger partial charge in [0.2, 0.25) is 5.91 Å². The maximum Gasteiger partial charge on any atom is 0.257 e. The highest BCUT2D eigenvalue weighted by Gasteiger charge is 2.21. The van der Waals surface area contributed by atoms with Crippen molar-refractivity contribution in [3.63, 3.8) is 0 Å². The number of anilines is 1. The Morgan fingerprint density at radius 2 is 1.89 bits per heavy atom. The van der Waals surface area contributed by atoms with Gasteiger partial charge in [-0.1, -0.05) is 18.9 Å². The Labute approximate surface area is 161 Å². The number of hydrogen-bond acceptors (Lipinski definition) is 4. The number of ether oxygens (including phenoxy) is 1. The lowest BCUT2D eigenvalue weighted by atomic mass is 10.2. The Hall–Kier alpha value is -2.08. The minimum Gasteiger partial charge on any atom is -0.484 e. The quantitative estimate of drug-likeness (QED) is 0.712. The van der Waals surface area contributed by atoms with Crippen molar-refractivity contribution in [3.05, 3.63) is 24.3 Å². The van der Waals surface area contributed by atoms with Crippen LogP contribution in [-0.4, -0.2) is 56.0 Å². The predicted octanol–water partition coefficient (Wildman–Crippen LogP) is 2.57. The molecule has 6 heteroatoms. The van der Waals surface area contributed by atoms with Gasteiger partial charge in [0.05, 0.1) is 0 Å². The van der Waals surface area contributed by atoms with Crippen LogP contribution in [0.3, 0.4) is 0 Å². The molecule has 0 unspecified atom stereocenters. The van der Waals surface area contributed by atoms with Crippen LogP contribution < -0.4 is 15.0 Å². The normalized spacial score (nSPS) is 18.4. The Morgan fingerprint density at radius 3 is 2.63 bits per heavy atom. The summed E-state index contributed by atoms with van der Waals surface area (Å²) in [6, 6.07) is 7.40. The summed E-state index contributed by atoms with van der Waals surface area (Å²) in [5.41, 5.74) is 0.841. The molecule has 2 aliphatic heterocycles. The molecule has 0 spiro atoms. The van der Waals surface area contributed by atoms with Crippen LogP contribution in [0.15, 0.2) is 24.3 Å². The number of likely N-dealkylation sites (tertiary alicyclic amines) is 1. The summed E-state index contributed by atoms with van der Waals surface area (Å²) in [5, 5.41) is 2.93. The zero-order valence-electron chi connectivity index (χ0n) is 16.1. The molecule has 0 atom stereocenters. The fourth-order valence-corrected chi connectivity index (χ4v) is 3.75. The van der Waals surface area contributed by atoms with Crippen LogP contribution in [0.1, 0.15) is 44.9 Å². The van der Waals surface area contributed by atoms with Gasteiger partial charge in [0.25, 0.3) is 5.91 Å². The van der Waals surface area contributed by atoms with E-state index in [0.29, 0.717) is 18.7 Å². The van der Waals surface area contributed by atoms with Crippen LogP contribution in [0.5, 0.6) is 5.75 Å². The van der Waals surface area contributed by atoms with E-state index in [1.807, 2.05) is 24.3 Å². The molecule has 2 saturated heterocycles. The van der Waals surface area contributed by atoms with Gasteiger partial charge in [0, 0.05) is 31.3 Å². The average molecular weight is 373 g/mol. The second-order valence-corrected chi connectivity index (χ2v) is 7.39. The van der Waals surface area contributed by atoms with Crippen molar-refractivity contribution in [1.29, 1.82) is 0 Å². The van der Waals surface area contributed by atoms with Crippen LogP contribution >= 0.6 is 0 Å². The van der Waals surface area contributed by atoms with Crippen LogP contribution in [0.4, 0.5) is 5.69 Å². The number of rotatable bonds is 8. The van der Waals surface area contributed by atoms with Crippen molar-refractivity contribution in [2.24, 2.45) is 0 Å². The number of benzene rings is 1. The summed E-state index contributed by atoms with van der Waals surface area (Å²) in [6.45, 7) is 4.86. The highest BCUT2D eigenvalue weighted by molar-refractivity contribution is 5.95. The predicted molar refractivity (Wildman–Crippen MR) is 106 cm³/mol. The first-order valence-corrected chi connectivity index (χ1v) is 10.2. The second-order valence-electron chi connectivity index (χ2n) is 7.39. The highest BCUT2D eigenvalue weighted by atomic mass is 16.5. The molecule has 2 heterocycles. The standard InChI is InChI=1S/C21H31N3O3/c25-20(22-11-7-14-23-12-3-1-2-4-13-23)17-27-19-9-5-8-18(16-19)24-15-6-10-21(24)26/h5,8-9,16H,1-4,6-7,10-15,17H2,(H,22,25). The summed E-state index contributed by atoms with van der Waals surface area (Å²) in [6.07, 6.45) is 7.74. The van der Waals surface area contributed by atoms with Crippen LogP contribution in [0.2, 0.25) is 0 Å². The Morgan fingerprint density at radius 1 is 1.07 bits per heavy atom. The molecule has 1 aromatic rings. The van der Waals surface area contributed by atoms with Gasteiger partial charge in [0.15, 0.2) is 6.61 Å². The van der Waals surface area contributed by atoms with Crippen LogP contribution in [0, 0.1) is 0 Å². The Bertz CT molecular complexity index is 627. The smallest absolute Gasteiger partial charge is 0.257 e. The van der Waals surface area contributed by atoms with Gasteiger partial charge < -0.3 is 19.9 Å². The lowest BCUT2D eigenvalue weighted by molar-refractivity contribution is -0.123. The third kappa shape index (κ3) is 6.24. The third-order valence-electron chi connectivity index (χ3n) is 5.24. The zero-order valence-corrected chi connectivity index (χ0v) is 16.1. The Balaban J connectivity index is 1.34. The molecule has 2 aliphatic rings. The topological polar surface area (TPSA) is 61.9 Å².